The summed E-state index contributed by atoms with van der Waals surface area (Å²) in [7, 11) is 1.49. The summed E-state index contributed by atoms with van der Waals surface area (Å²) in [5.74, 6) is -0.242. The third-order valence-corrected chi connectivity index (χ3v) is 2.70. The molecular formula is C15H20O5. The summed E-state index contributed by atoms with van der Waals surface area (Å²) in [5, 5.41) is 0. The van der Waals surface area contributed by atoms with Gasteiger partial charge >= 0.3 is 11.9 Å². The van der Waals surface area contributed by atoms with E-state index < -0.39 is 5.97 Å². The van der Waals surface area contributed by atoms with Gasteiger partial charge in [0.1, 0.15) is 11.3 Å². The fraction of sp³-hybridized carbons (Fsp3) is 0.467. The molecule has 0 heterocycles. The minimum Gasteiger partial charge on any atom is -0.496 e. The molecule has 110 valence electrons. The Labute approximate surface area is 118 Å². The first kappa shape index (κ1) is 16.0. The molecule has 1 aromatic carbocycles. The molecule has 1 aromatic rings. The molecule has 0 N–H and O–H groups in total. The van der Waals surface area contributed by atoms with E-state index in [1.165, 1.54) is 7.11 Å². The van der Waals surface area contributed by atoms with Crippen LogP contribution < -0.4 is 4.74 Å². The fourth-order valence-electron chi connectivity index (χ4n) is 1.86. The second-order valence-corrected chi connectivity index (χ2v) is 4.02. The SMILES string of the molecule is CCOC(=O)CCc1cccc(C(=O)OCC)c1OC. The summed E-state index contributed by atoms with van der Waals surface area (Å²) in [6.07, 6.45) is 0.700. The van der Waals surface area contributed by atoms with Gasteiger partial charge in [-0.25, -0.2) is 4.79 Å². The first-order chi connectivity index (χ1) is 9.63. The maximum absolute atomic E-state index is 11.8. The molecule has 0 fully saturated rings. The molecule has 5 heteroatoms. The first-order valence-electron chi connectivity index (χ1n) is 6.62. The van der Waals surface area contributed by atoms with Crippen molar-refractivity contribution in [2.24, 2.45) is 0 Å². The largest absolute Gasteiger partial charge is 0.496 e. The van der Waals surface area contributed by atoms with Crippen LogP contribution in [0.25, 0.3) is 0 Å². The van der Waals surface area contributed by atoms with Crippen molar-refractivity contribution >= 4 is 11.9 Å². The van der Waals surface area contributed by atoms with Crippen molar-refractivity contribution in [3.8, 4) is 5.75 Å². The normalized spacial score (nSPS) is 9.95. The van der Waals surface area contributed by atoms with E-state index in [0.717, 1.165) is 5.56 Å². The maximum Gasteiger partial charge on any atom is 0.341 e. The van der Waals surface area contributed by atoms with Crippen molar-refractivity contribution in [2.45, 2.75) is 26.7 Å². The molecule has 0 aliphatic rings. The number of benzene rings is 1. The number of aryl methyl sites for hydroxylation is 1. The van der Waals surface area contributed by atoms with Gasteiger partial charge in [0.05, 0.1) is 20.3 Å². The molecule has 0 amide bonds. The topological polar surface area (TPSA) is 61.8 Å². The van der Waals surface area contributed by atoms with Gasteiger partial charge in [0.15, 0.2) is 0 Å². The molecule has 0 aliphatic carbocycles. The molecule has 1 rings (SSSR count). The van der Waals surface area contributed by atoms with Gasteiger partial charge in [0.2, 0.25) is 0 Å². The Morgan fingerprint density at radius 1 is 1.10 bits per heavy atom. The van der Waals surface area contributed by atoms with E-state index in [-0.39, 0.29) is 12.4 Å². The van der Waals surface area contributed by atoms with Crippen molar-refractivity contribution in [3.05, 3.63) is 29.3 Å². The fourth-order valence-corrected chi connectivity index (χ4v) is 1.86. The Morgan fingerprint density at radius 3 is 2.40 bits per heavy atom. The van der Waals surface area contributed by atoms with Crippen molar-refractivity contribution in [3.63, 3.8) is 0 Å². The van der Waals surface area contributed by atoms with Gasteiger partial charge in [-0.3, -0.25) is 4.79 Å². The van der Waals surface area contributed by atoms with Crippen molar-refractivity contribution in [2.75, 3.05) is 20.3 Å². The zero-order chi connectivity index (χ0) is 15.0. The molecule has 0 aliphatic heterocycles. The Bertz CT molecular complexity index is 467. The van der Waals surface area contributed by atoms with Gasteiger partial charge in [0, 0.05) is 6.42 Å². The number of carbonyl (C=O) groups is 2. The lowest BCUT2D eigenvalue weighted by Crippen LogP contribution is -2.10. The van der Waals surface area contributed by atoms with Crippen LogP contribution in [0.2, 0.25) is 0 Å². The third-order valence-electron chi connectivity index (χ3n) is 2.70. The highest BCUT2D eigenvalue weighted by Crippen LogP contribution is 2.26. The molecule has 0 saturated carbocycles. The van der Waals surface area contributed by atoms with Gasteiger partial charge in [-0.2, -0.15) is 0 Å². The van der Waals surface area contributed by atoms with Crippen LogP contribution in [0.1, 0.15) is 36.2 Å². The lowest BCUT2D eigenvalue weighted by atomic mass is 10.0. The summed E-state index contributed by atoms with van der Waals surface area (Å²) in [4.78, 5) is 23.2. The quantitative estimate of drug-likeness (QED) is 0.717. The van der Waals surface area contributed by atoms with E-state index in [4.69, 9.17) is 14.2 Å². The number of hydrogen-bond acceptors (Lipinski definition) is 5. The molecule has 0 bridgehead atoms. The minimum atomic E-state index is -0.428. The molecule has 0 unspecified atom stereocenters. The van der Waals surface area contributed by atoms with Gasteiger partial charge in [-0.15, -0.1) is 0 Å². The Morgan fingerprint density at radius 2 is 1.80 bits per heavy atom. The van der Waals surface area contributed by atoms with Crippen LogP contribution in [-0.4, -0.2) is 32.3 Å². The summed E-state index contributed by atoms with van der Waals surface area (Å²) in [6, 6.07) is 5.21. The molecule has 0 aromatic heterocycles. The van der Waals surface area contributed by atoms with Crippen LogP contribution in [0.15, 0.2) is 18.2 Å². The number of esters is 2. The maximum atomic E-state index is 11.8. The Balaban J connectivity index is 2.88. The van der Waals surface area contributed by atoms with Crippen LogP contribution in [0.3, 0.4) is 0 Å². The van der Waals surface area contributed by atoms with Crippen LogP contribution in [0.4, 0.5) is 0 Å². The second kappa shape index (κ2) is 8.19. The van der Waals surface area contributed by atoms with Crippen molar-refractivity contribution < 1.29 is 23.8 Å². The van der Waals surface area contributed by atoms with E-state index in [2.05, 4.69) is 0 Å². The number of hydrogen-bond donors (Lipinski definition) is 0. The van der Waals surface area contributed by atoms with E-state index in [9.17, 15) is 9.59 Å². The first-order valence-corrected chi connectivity index (χ1v) is 6.62. The monoisotopic (exact) mass is 280 g/mol. The molecule has 0 radical (unpaired) electrons. The number of para-hydroxylation sites is 1. The summed E-state index contributed by atoms with van der Waals surface area (Å²) >= 11 is 0. The van der Waals surface area contributed by atoms with Crippen LogP contribution in [0, 0.1) is 0 Å². The summed E-state index contributed by atoms with van der Waals surface area (Å²) in [6.45, 7) is 4.17. The number of ether oxygens (including phenoxy) is 3. The smallest absolute Gasteiger partial charge is 0.341 e. The van der Waals surface area contributed by atoms with Gasteiger partial charge in [-0.1, -0.05) is 12.1 Å². The highest BCUT2D eigenvalue weighted by atomic mass is 16.5. The number of rotatable bonds is 7. The number of methoxy groups -OCH3 is 1. The van der Waals surface area contributed by atoms with E-state index in [1.54, 1.807) is 26.0 Å². The average molecular weight is 280 g/mol. The lowest BCUT2D eigenvalue weighted by Gasteiger charge is -2.12. The Hall–Kier alpha value is -2.04. The zero-order valence-corrected chi connectivity index (χ0v) is 12.1. The highest BCUT2D eigenvalue weighted by Gasteiger charge is 2.17. The second-order valence-electron chi connectivity index (χ2n) is 4.02. The molecule has 0 spiro atoms. The molecule has 20 heavy (non-hydrogen) atoms. The standard InChI is InChI=1S/C15H20O5/c1-4-19-13(16)10-9-11-7-6-8-12(14(11)18-3)15(17)20-5-2/h6-8H,4-5,9-10H2,1-3H3. The van der Waals surface area contributed by atoms with Crippen molar-refractivity contribution in [1.29, 1.82) is 0 Å². The van der Waals surface area contributed by atoms with Crippen LogP contribution >= 0.6 is 0 Å². The zero-order valence-electron chi connectivity index (χ0n) is 12.1. The highest BCUT2D eigenvalue weighted by molar-refractivity contribution is 5.93. The van der Waals surface area contributed by atoms with E-state index in [1.807, 2.05) is 6.07 Å². The average Bonchev–Trinajstić information content (AvgIpc) is 2.45. The summed E-state index contributed by atoms with van der Waals surface area (Å²) in [5.41, 5.74) is 1.15. The van der Waals surface area contributed by atoms with E-state index in [0.29, 0.717) is 30.9 Å². The van der Waals surface area contributed by atoms with Gasteiger partial charge in [-0.05, 0) is 31.9 Å². The molecule has 0 saturated heterocycles. The predicted molar refractivity (Wildman–Crippen MR) is 73.9 cm³/mol. The van der Waals surface area contributed by atoms with Crippen LogP contribution in [0.5, 0.6) is 5.75 Å². The van der Waals surface area contributed by atoms with Crippen LogP contribution in [-0.2, 0) is 20.7 Å². The molecule has 0 atom stereocenters. The lowest BCUT2D eigenvalue weighted by molar-refractivity contribution is -0.143. The third kappa shape index (κ3) is 4.26. The van der Waals surface area contributed by atoms with Gasteiger partial charge in [0.25, 0.3) is 0 Å². The van der Waals surface area contributed by atoms with Gasteiger partial charge < -0.3 is 14.2 Å². The minimum absolute atomic E-state index is 0.247. The summed E-state index contributed by atoms with van der Waals surface area (Å²) < 4.78 is 15.1. The number of carbonyl (C=O) groups excluding carboxylic acids is 2. The predicted octanol–water partition coefficient (Wildman–Crippen LogP) is 2.37. The van der Waals surface area contributed by atoms with Crippen molar-refractivity contribution in [1.82, 2.24) is 0 Å². The molecule has 5 nitrogen and oxygen atoms in total. The Kier molecular flexibility index (Phi) is 6.56. The molecular weight excluding hydrogens is 260 g/mol. The van der Waals surface area contributed by atoms with E-state index >= 15 is 0 Å².